The molecule has 4 N–H and O–H groups in total. The molecule has 0 radical (unpaired) electrons. The molecule has 4 aromatic rings. The minimum Gasteiger partial charge on any atom is -0.475 e. The van der Waals surface area contributed by atoms with Crippen LogP contribution in [-0.4, -0.2) is 26.0 Å². The zero-order valence-electron chi connectivity index (χ0n) is 16.9. The van der Waals surface area contributed by atoms with Crippen molar-refractivity contribution in [3.63, 3.8) is 0 Å². The molecule has 0 saturated heterocycles. The highest BCUT2D eigenvalue weighted by Gasteiger charge is 2.22. The van der Waals surface area contributed by atoms with E-state index in [4.69, 9.17) is 10.8 Å². The largest absolute Gasteiger partial charge is 0.475 e. The number of carbonyl (C=O) groups is 1. The quantitative estimate of drug-likeness (QED) is 0.394. The molecular weight excluding hydrogens is 471 g/mol. The molecule has 1 atom stereocenters. The van der Waals surface area contributed by atoms with E-state index < -0.39 is 5.97 Å². The lowest BCUT2D eigenvalue weighted by Crippen LogP contribution is -2.15. The first-order valence-electron chi connectivity index (χ1n) is 9.54. The summed E-state index contributed by atoms with van der Waals surface area (Å²) in [5.74, 6) is -1.48. The number of aromatic nitrogens is 3. The summed E-state index contributed by atoms with van der Waals surface area (Å²) >= 11 is 1.44. The van der Waals surface area contributed by atoms with Crippen molar-refractivity contribution in [3.05, 3.63) is 92.6 Å². The van der Waals surface area contributed by atoms with E-state index in [0.717, 1.165) is 36.1 Å². The maximum atomic E-state index is 11.8. The lowest BCUT2D eigenvalue weighted by Gasteiger charge is -2.10. The Morgan fingerprint density at radius 1 is 1.09 bits per heavy atom. The second kappa shape index (κ2) is 11.2. The molecule has 3 heterocycles. The molecule has 0 saturated carbocycles. The van der Waals surface area contributed by atoms with Gasteiger partial charge in [0.15, 0.2) is 0 Å². The summed E-state index contributed by atoms with van der Waals surface area (Å²) < 4.78 is 0. The summed E-state index contributed by atoms with van der Waals surface area (Å²) in [5, 5.41) is 9.37. The van der Waals surface area contributed by atoms with E-state index in [-0.39, 0.29) is 42.2 Å². The number of pyridine rings is 1. The highest BCUT2D eigenvalue weighted by atomic mass is 35.5. The first-order chi connectivity index (χ1) is 14.5. The standard InChI is InChI=1S/C12H12N2.C10H8N2O3S.2ClH/c13-12(10-6-2-1-3-7-10)11-8-4-5-9-14-11;13-8-6-4-2-1-3-5(4)16-9(6)12-7(11-8)10(14)15;;/h1-9,12H,13H2;1-3H2,(H,14,15)(H,11,12,13);2*1H. The molecule has 1 unspecified atom stereocenters. The molecule has 0 aliphatic heterocycles. The van der Waals surface area contributed by atoms with Gasteiger partial charge in [0.25, 0.3) is 5.56 Å². The third kappa shape index (κ3) is 5.34. The Labute approximate surface area is 200 Å². The number of fused-ring (bicyclic) bond motifs is 3. The number of nitrogens with one attached hydrogen (secondary N) is 1. The number of hydrogen-bond donors (Lipinski definition) is 3. The van der Waals surface area contributed by atoms with Crippen molar-refractivity contribution >= 4 is 52.3 Å². The van der Waals surface area contributed by atoms with Gasteiger partial charge in [-0.2, -0.15) is 0 Å². The topological polar surface area (TPSA) is 122 Å². The van der Waals surface area contributed by atoms with E-state index in [2.05, 4.69) is 15.0 Å². The van der Waals surface area contributed by atoms with E-state index in [9.17, 15) is 9.59 Å². The number of nitrogens with two attached hydrogens (primary N) is 1. The van der Waals surface area contributed by atoms with Gasteiger partial charge in [-0.25, -0.2) is 9.78 Å². The predicted octanol–water partition coefficient (Wildman–Crippen LogP) is 4.14. The highest BCUT2D eigenvalue weighted by Crippen LogP contribution is 2.34. The van der Waals surface area contributed by atoms with E-state index in [0.29, 0.717) is 10.2 Å². The number of H-pyrrole nitrogens is 1. The van der Waals surface area contributed by atoms with Crippen LogP contribution in [0.2, 0.25) is 0 Å². The Hall–Kier alpha value is -2.78. The van der Waals surface area contributed by atoms with Gasteiger partial charge < -0.3 is 15.8 Å². The Bertz CT molecular complexity index is 1210. The molecule has 1 aliphatic rings. The third-order valence-electron chi connectivity index (χ3n) is 4.94. The maximum Gasteiger partial charge on any atom is 0.372 e. The Kier molecular flexibility index (Phi) is 8.91. The summed E-state index contributed by atoms with van der Waals surface area (Å²) in [4.78, 5) is 34.7. The van der Waals surface area contributed by atoms with Gasteiger partial charge in [-0.1, -0.05) is 36.4 Å². The molecule has 7 nitrogen and oxygen atoms in total. The highest BCUT2D eigenvalue weighted by molar-refractivity contribution is 7.18. The SMILES string of the molecule is Cl.Cl.NC(c1ccccc1)c1ccccn1.O=C(O)c1nc2sc3c(c2c(=O)[nH]1)CCC3. The van der Waals surface area contributed by atoms with Crippen LogP contribution in [-0.2, 0) is 12.8 Å². The molecule has 0 spiro atoms. The van der Waals surface area contributed by atoms with E-state index >= 15 is 0 Å². The monoisotopic (exact) mass is 492 g/mol. The first-order valence-corrected chi connectivity index (χ1v) is 10.4. The van der Waals surface area contributed by atoms with Crippen molar-refractivity contribution in [2.45, 2.75) is 25.3 Å². The molecule has 1 aromatic carbocycles. The number of halogens is 2. The molecule has 32 heavy (non-hydrogen) atoms. The lowest BCUT2D eigenvalue weighted by molar-refractivity contribution is 0.0683. The van der Waals surface area contributed by atoms with Crippen LogP contribution in [0.4, 0.5) is 0 Å². The third-order valence-corrected chi connectivity index (χ3v) is 6.13. The summed E-state index contributed by atoms with van der Waals surface area (Å²) in [6.07, 6.45) is 4.69. The molecular formula is C22H22Cl2N4O3S. The van der Waals surface area contributed by atoms with Crippen LogP contribution in [0, 0.1) is 0 Å². The summed E-state index contributed by atoms with van der Waals surface area (Å²) in [7, 11) is 0. The van der Waals surface area contributed by atoms with Gasteiger partial charge in [-0.05, 0) is 42.5 Å². The number of aromatic carboxylic acids is 1. The van der Waals surface area contributed by atoms with Crippen molar-refractivity contribution in [1.29, 1.82) is 0 Å². The zero-order valence-corrected chi connectivity index (χ0v) is 19.3. The Morgan fingerprint density at radius 3 is 2.47 bits per heavy atom. The van der Waals surface area contributed by atoms with Gasteiger partial charge in [0.05, 0.1) is 17.1 Å². The van der Waals surface area contributed by atoms with Crippen molar-refractivity contribution in [1.82, 2.24) is 15.0 Å². The van der Waals surface area contributed by atoms with Gasteiger partial charge in [-0.3, -0.25) is 9.78 Å². The summed E-state index contributed by atoms with van der Waals surface area (Å²) in [6.45, 7) is 0. The van der Waals surface area contributed by atoms with Crippen LogP contribution in [0.3, 0.4) is 0 Å². The van der Waals surface area contributed by atoms with Gasteiger partial charge in [0.2, 0.25) is 5.82 Å². The number of nitrogens with zero attached hydrogens (tertiary/aromatic N) is 2. The van der Waals surface area contributed by atoms with E-state index in [1.54, 1.807) is 6.20 Å². The number of thiophene rings is 1. The number of aromatic amines is 1. The Balaban J connectivity index is 0.000000215. The van der Waals surface area contributed by atoms with Gasteiger partial charge in [-0.15, -0.1) is 36.2 Å². The molecule has 168 valence electrons. The summed E-state index contributed by atoms with van der Waals surface area (Å²) in [6, 6.07) is 15.6. The van der Waals surface area contributed by atoms with Gasteiger partial charge in [0.1, 0.15) is 4.83 Å². The van der Waals surface area contributed by atoms with Gasteiger partial charge >= 0.3 is 5.97 Å². The average Bonchev–Trinajstić information content (AvgIpc) is 3.36. The van der Waals surface area contributed by atoms with Crippen LogP contribution in [0.25, 0.3) is 10.2 Å². The fourth-order valence-corrected chi connectivity index (χ4v) is 4.76. The molecule has 1 aliphatic carbocycles. The molecule has 0 fully saturated rings. The lowest BCUT2D eigenvalue weighted by atomic mass is 10.0. The zero-order chi connectivity index (χ0) is 21.1. The fourth-order valence-electron chi connectivity index (χ4n) is 3.49. The van der Waals surface area contributed by atoms with Crippen molar-refractivity contribution in [2.75, 3.05) is 0 Å². The summed E-state index contributed by atoms with van der Waals surface area (Å²) in [5.41, 5.74) is 8.77. The van der Waals surface area contributed by atoms with Crippen molar-refractivity contribution < 1.29 is 9.90 Å². The van der Waals surface area contributed by atoms with E-state index in [1.807, 2.05) is 48.5 Å². The maximum absolute atomic E-state index is 11.8. The van der Waals surface area contributed by atoms with Gasteiger partial charge in [0, 0.05) is 11.1 Å². The Morgan fingerprint density at radius 2 is 1.81 bits per heavy atom. The normalized spacial score (nSPS) is 12.5. The van der Waals surface area contributed by atoms with E-state index in [1.165, 1.54) is 16.2 Å². The van der Waals surface area contributed by atoms with Crippen LogP contribution in [0.5, 0.6) is 0 Å². The van der Waals surface area contributed by atoms with Crippen LogP contribution in [0.1, 0.15) is 44.8 Å². The molecule has 0 amide bonds. The van der Waals surface area contributed by atoms with Crippen molar-refractivity contribution in [2.24, 2.45) is 5.73 Å². The van der Waals surface area contributed by atoms with Crippen LogP contribution < -0.4 is 11.3 Å². The second-order valence-electron chi connectivity index (χ2n) is 6.90. The number of carboxylic acid groups (broad SMARTS) is 1. The van der Waals surface area contributed by atoms with Crippen LogP contribution >= 0.6 is 36.2 Å². The molecule has 5 rings (SSSR count). The average molecular weight is 493 g/mol. The number of hydrogen-bond acceptors (Lipinski definition) is 6. The molecule has 3 aromatic heterocycles. The smallest absolute Gasteiger partial charge is 0.372 e. The molecule has 0 bridgehead atoms. The molecule has 10 heteroatoms. The van der Waals surface area contributed by atoms with Crippen LogP contribution in [0.15, 0.2) is 59.5 Å². The number of rotatable bonds is 3. The fraction of sp³-hybridized carbons (Fsp3) is 0.182. The number of carboxylic acids is 1. The minimum atomic E-state index is -1.20. The minimum absolute atomic E-state index is 0. The number of benzene rings is 1. The second-order valence-corrected chi connectivity index (χ2v) is 7.98. The number of aryl methyl sites for hydroxylation is 2. The predicted molar refractivity (Wildman–Crippen MR) is 130 cm³/mol. The van der Waals surface area contributed by atoms with Crippen molar-refractivity contribution in [3.8, 4) is 0 Å². The first kappa shape index (κ1) is 25.5.